The van der Waals surface area contributed by atoms with Gasteiger partial charge < -0.3 is 24.1 Å². The smallest absolute Gasteiger partial charge is 0.268 e. The SMILES string of the molecule is CC(C)Cn1c(C(=O)NCc2ccc3c(c2)OCO3)cc2c(OCc3ccccc3)cccc21. The zero-order chi connectivity index (χ0) is 23.5. The van der Waals surface area contributed by atoms with Crippen LogP contribution >= 0.6 is 0 Å². The van der Waals surface area contributed by atoms with Crippen molar-refractivity contribution < 1.29 is 19.0 Å². The van der Waals surface area contributed by atoms with Crippen LogP contribution in [-0.4, -0.2) is 17.3 Å². The quantitative estimate of drug-likeness (QED) is 0.378. The van der Waals surface area contributed by atoms with Crippen LogP contribution in [0.25, 0.3) is 10.9 Å². The Morgan fingerprint density at radius 1 is 0.971 bits per heavy atom. The summed E-state index contributed by atoms with van der Waals surface area (Å²) in [6.45, 7) is 6.14. The number of carbonyl (C=O) groups excluding carboxylic acids is 1. The second-order valence-corrected chi connectivity index (χ2v) is 8.87. The molecule has 0 spiro atoms. The Morgan fingerprint density at radius 2 is 1.79 bits per heavy atom. The molecule has 0 atom stereocenters. The molecule has 0 bridgehead atoms. The number of aromatic nitrogens is 1. The van der Waals surface area contributed by atoms with Crippen LogP contribution in [-0.2, 0) is 19.7 Å². The van der Waals surface area contributed by atoms with Crippen molar-refractivity contribution in [3.05, 3.63) is 89.6 Å². The Bertz CT molecular complexity index is 1310. The van der Waals surface area contributed by atoms with Crippen LogP contribution in [0, 0.1) is 5.92 Å². The molecule has 6 heteroatoms. The minimum atomic E-state index is -0.122. The van der Waals surface area contributed by atoms with Gasteiger partial charge in [0.15, 0.2) is 11.5 Å². The molecule has 0 unspecified atom stereocenters. The van der Waals surface area contributed by atoms with Crippen LogP contribution in [0.2, 0.25) is 0 Å². The summed E-state index contributed by atoms with van der Waals surface area (Å²) in [5.74, 6) is 2.47. The predicted molar refractivity (Wildman–Crippen MR) is 131 cm³/mol. The Balaban J connectivity index is 1.40. The third kappa shape index (κ3) is 4.57. The van der Waals surface area contributed by atoms with Gasteiger partial charge in [0.1, 0.15) is 18.1 Å². The predicted octanol–water partition coefficient (Wildman–Crippen LogP) is 5.54. The van der Waals surface area contributed by atoms with E-state index in [1.165, 1.54) is 0 Å². The first kappa shape index (κ1) is 21.9. The Labute approximate surface area is 199 Å². The van der Waals surface area contributed by atoms with Gasteiger partial charge in [-0.2, -0.15) is 0 Å². The van der Waals surface area contributed by atoms with Gasteiger partial charge in [0.25, 0.3) is 5.91 Å². The van der Waals surface area contributed by atoms with E-state index in [0.717, 1.165) is 40.1 Å². The fourth-order valence-electron chi connectivity index (χ4n) is 4.19. The third-order valence-electron chi connectivity index (χ3n) is 5.81. The average Bonchev–Trinajstić information content (AvgIpc) is 3.46. The third-order valence-corrected chi connectivity index (χ3v) is 5.81. The number of rotatable bonds is 8. The van der Waals surface area contributed by atoms with E-state index in [1.807, 2.05) is 72.8 Å². The standard InChI is InChI=1S/C28H28N2O4/c1-19(2)16-30-23-9-6-10-25(32-17-20-7-4-3-5-8-20)22(23)14-24(30)28(31)29-15-21-11-12-26-27(13-21)34-18-33-26/h3-14,19H,15-18H2,1-2H3,(H,29,31). The van der Waals surface area contributed by atoms with E-state index in [-0.39, 0.29) is 12.7 Å². The van der Waals surface area contributed by atoms with Gasteiger partial charge in [0.2, 0.25) is 6.79 Å². The van der Waals surface area contributed by atoms with Crippen LogP contribution in [0.5, 0.6) is 17.2 Å². The van der Waals surface area contributed by atoms with E-state index in [9.17, 15) is 4.79 Å². The van der Waals surface area contributed by atoms with Crippen LogP contribution in [0.3, 0.4) is 0 Å². The molecule has 34 heavy (non-hydrogen) atoms. The molecule has 2 heterocycles. The molecule has 0 aliphatic carbocycles. The molecule has 1 N–H and O–H groups in total. The lowest BCUT2D eigenvalue weighted by Gasteiger charge is -2.14. The number of benzene rings is 3. The molecule has 0 saturated heterocycles. The van der Waals surface area contributed by atoms with E-state index in [4.69, 9.17) is 14.2 Å². The number of nitrogens with zero attached hydrogens (tertiary/aromatic N) is 1. The minimum absolute atomic E-state index is 0.122. The van der Waals surface area contributed by atoms with E-state index in [2.05, 4.69) is 23.7 Å². The van der Waals surface area contributed by atoms with Crippen LogP contribution in [0.1, 0.15) is 35.5 Å². The average molecular weight is 457 g/mol. The molecule has 174 valence electrons. The number of nitrogens with one attached hydrogen (secondary N) is 1. The Morgan fingerprint density at radius 3 is 2.62 bits per heavy atom. The van der Waals surface area contributed by atoms with E-state index < -0.39 is 0 Å². The lowest BCUT2D eigenvalue weighted by atomic mass is 10.2. The van der Waals surface area contributed by atoms with E-state index in [1.54, 1.807) is 0 Å². The molecule has 6 nitrogen and oxygen atoms in total. The molecule has 1 aromatic heterocycles. The maximum absolute atomic E-state index is 13.3. The van der Waals surface area contributed by atoms with Crippen molar-refractivity contribution >= 4 is 16.8 Å². The molecule has 1 aliphatic heterocycles. The van der Waals surface area contributed by atoms with Crippen molar-refractivity contribution in [3.63, 3.8) is 0 Å². The first-order chi connectivity index (χ1) is 16.6. The van der Waals surface area contributed by atoms with Gasteiger partial charge in [-0.1, -0.05) is 56.3 Å². The number of hydrogen-bond acceptors (Lipinski definition) is 4. The summed E-state index contributed by atoms with van der Waals surface area (Å²) >= 11 is 0. The van der Waals surface area contributed by atoms with Crippen molar-refractivity contribution in [3.8, 4) is 17.2 Å². The second kappa shape index (κ2) is 9.51. The van der Waals surface area contributed by atoms with Crippen molar-refractivity contribution in [2.24, 2.45) is 5.92 Å². The molecule has 0 radical (unpaired) electrons. The summed E-state index contributed by atoms with van der Waals surface area (Å²) in [7, 11) is 0. The summed E-state index contributed by atoms with van der Waals surface area (Å²) in [5, 5.41) is 4.00. The number of carbonyl (C=O) groups is 1. The highest BCUT2D eigenvalue weighted by molar-refractivity contribution is 6.00. The van der Waals surface area contributed by atoms with Gasteiger partial charge in [-0.3, -0.25) is 4.79 Å². The molecule has 5 rings (SSSR count). The van der Waals surface area contributed by atoms with Crippen LogP contribution in [0.15, 0.2) is 72.8 Å². The monoisotopic (exact) mass is 456 g/mol. The first-order valence-corrected chi connectivity index (χ1v) is 11.5. The molecule has 4 aromatic rings. The lowest BCUT2D eigenvalue weighted by molar-refractivity contribution is 0.0941. The molecular formula is C28H28N2O4. The summed E-state index contributed by atoms with van der Waals surface area (Å²) in [6.07, 6.45) is 0. The lowest BCUT2D eigenvalue weighted by Crippen LogP contribution is -2.26. The molecule has 1 amide bonds. The largest absolute Gasteiger partial charge is 0.488 e. The van der Waals surface area contributed by atoms with Crippen molar-refractivity contribution in [2.75, 3.05) is 6.79 Å². The van der Waals surface area contributed by atoms with Crippen LogP contribution < -0.4 is 19.5 Å². The molecule has 0 fully saturated rings. The minimum Gasteiger partial charge on any atom is -0.488 e. The van der Waals surface area contributed by atoms with Crippen molar-refractivity contribution in [2.45, 2.75) is 33.5 Å². The summed E-state index contributed by atoms with van der Waals surface area (Å²) in [6, 6.07) is 23.7. The summed E-state index contributed by atoms with van der Waals surface area (Å²) < 4.78 is 19.1. The zero-order valence-corrected chi connectivity index (χ0v) is 19.4. The fraction of sp³-hybridized carbons (Fsp3) is 0.250. The molecular weight excluding hydrogens is 428 g/mol. The fourth-order valence-corrected chi connectivity index (χ4v) is 4.19. The normalized spacial score (nSPS) is 12.3. The Kier molecular flexibility index (Phi) is 6.12. The van der Waals surface area contributed by atoms with Crippen molar-refractivity contribution in [1.29, 1.82) is 0 Å². The number of amides is 1. The van der Waals surface area contributed by atoms with Gasteiger partial charge in [-0.15, -0.1) is 0 Å². The number of hydrogen-bond donors (Lipinski definition) is 1. The second-order valence-electron chi connectivity index (χ2n) is 8.87. The molecule has 1 aliphatic rings. The van der Waals surface area contributed by atoms with Gasteiger partial charge in [0.05, 0.1) is 5.52 Å². The summed E-state index contributed by atoms with van der Waals surface area (Å²) in [5.41, 5.74) is 3.67. The van der Waals surface area contributed by atoms with E-state index in [0.29, 0.717) is 30.5 Å². The van der Waals surface area contributed by atoms with Gasteiger partial charge >= 0.3 is 0 Å². The van der Waals surface area contributed by atoms with Crippen molar-refractivity contribution in [1.82, 2.24) is 9.88 Å². The molecule has 0 saturated carbocycles. The van der Waals surface area contributed by atoms with Gasteiger partial charge in [-0.25, -0.2) is 0 Å². The van der Waals surface area contributed by atoms with E-state index >= 15 is 0 Å². The van der Waals surface area contributed by atoms with Gasteiger partial charge in [-0.05, 0) is 47.4 Å². The van der Waals surface area contributed by atoms with Crippen LogP contribution in [0.4, 0.5) is 0 Å². The highest BCUT2D eigenvalue weighted by Gasteiger charge is 2.19. The number of fused-ring (bicyclic) bond motifs is 2. The first-order valence-electron chi connectivity index (χ1n) is 11.5. The van der Waals surface area contributed by atoms with Gasteiger partial charge in [0, 0.05) is 18.5 Å². The highest BCUT2D eigenvalue weighted by Crippen LogP contribution is 2.33. The molecule has 3 aromatic carbocycles. The highest BCUT2D eigenvalue weighted by atomic mass is 16.7. The summed E-state index contributed by atoms with van der Waals surface area (Å²) in [4.78, 5) is 13.3. The maximum atomic E-state index is 13.3. The maximum Gasteiger partial charge on any atom is 0.268 e. The number of ether oxygens (including phenoxy) is 3. The zero-order valence-electron chi connectivity index (χ0n) is 19.4. The Hall–Kier alpha value is -3.93. The topological polar surface area (TPSA) is 61.7 Å².